The monoisotopic (exact) mass is 218 g/mol. The number of nitrogens with two attached hydrogens (primary N) is 1. The van der Waals surface area contributed by atoms with E-state index in [1.165, 1.54) is 11.1 Å². The second-order valence-electron chi connectivity index (χ2n) is 5.18. The molecule has 1 aliphatic rings. The summed E-state index contributed by atoms with van der Waals surface area (Å²) in [7, 11) is 0. The smallest absolute Gasteiger partial charge is 0.0240 e. The molecule has 1 aliphatic heterocycles. The summed E-state index contributed by atoms with van der Waals surface area (Å²) in [4.78, 5) is 2.52. The summed E-state index contributed by atoms with van der Waals surface area (Å²) >= 11 is 0. The average Bonchev–Trinajstić information content (AvgIpc) is 2.67. The van der Waals surface area contributed by atoms with Crippen LogP contribution >= 0.6 is 0 Å². The Kier molecular flexibility index (Phi) is 3.62. The van der Waals surface area contributed by atoms with Crippen molar-refractivity contribution in [1.29, 1.82) is 0 Å². The molecule has 1 heterocycles. The van der Waals surface area contributed by atoms with Gasteiger partial charge in [-0.2, -0.15) is 0 Å². The molecule has 0 saturated carbocycles. The number of benzene rings is 1. The van der Waals surface area contributed by atoms with Crippen LogP contribution in [0.4, 0.5) is 0 Å². The molecule has 2 nitrogen and oxygen atoms in total. The second kappa shape index (κ2) is 4.98. The number of rotatable bonds is 4. The molecule has 0 saturated heterocycles. The SMILES string of the molecule is CC(C)C(CN)CN1Cc2ccccc2C1. The first-order chi connectivity index (χ1) is 7.70. The molecule has 1 aromatic carbocycles. The van der Waals surface area contributed by atoms with Crippen molar-refractivity contribution in [1.82, 2.24) is 4.90 Å². The van der Waals surface area contributed by atoms with E-state index in [-0.39, 0.29) is 0 Å². The number of hydrogen-bond acceptors (Lipinski definition) is 2. The highest BCUT2D eigenvalue weighted by Gasteiger charge is 2.22. The van der Waals surface area contributed by atoms with E-state index in [1.807, 2.05) is 0 Å². The lowest BCUT2D eigenvalue weighted by Gasteiger charge is -2.25. The first-order valence-corrected chi connectivity index (χ1v) is 6.20. The van der Waals surface area contributed by atoms with E-state index in [2.05, 4.69) is 43.0 Å². The molecule has 0 bridgehead atoms. The molecule has 1 atom stereocenters. The first kappa shape index (κ1) is 11.6. The molecule has 0 spiro atoms. The van der Waals surface area contributed by atoms with E-state index in [0.29, 0.717) is 11.8 Å². The number of nitrogens with zero attached hydrogens (tertiary/aromatic N) is 1. The number of fused-ring (bicyclic) bond motifs is 1. The molecule has 2 N–H and O–H groups in total. The maximum atomic E-state index is 5.83. The van der Waals surface area contributed by atoms with Crippen molar-refractivity contribution >= 4 is 0 Å². The summed E-state index contributed by atoms with van der Waals surface area (Å²) in [6.45, 7) is 8.65. The van der Waals surface area contributed by atoms with E-state index >= 15 is 0 Å². The lowest BCUT2D eigenvalue weighted by molar-refractivity contribution is 0.207. The van der Waals surface area contributed by atoms with Crippen LogP contribution < -0.4 is 5.73 Å². The fourth-order valence-electron chi connectivity index (χ4n) is 2.42. The first-order valence-electron chi connectivity index (χ1n) is 6.20. The molecule has 1 aromatic rings. The summed E-state index contributed by atoms with van der Waals surface area (Å²) in [5.41, 5.74) is 8.81. The minimum absolute atomic E-state index is 0.620. The topological polar surface area (TPSA) is 29.3 Å². The van der Waals surface area contributed by atoms with Crippen molar-refractivity contribution in [3.05, 3.63) is 35.4 Å². The van der Waals surface area contributed by atoms with Gasteiger partial charge < -0.3 is 5.73 Å². The lowest BCUT2D eigenvalue weighted by atomic mass is 9.95. The summed E-state index contributed by atoms with van der Waals surface area (Å²) in [5, 5.41) is 0. The fraction of sp³-hybridized carbons (Fsp3) is 0.571. The van der Waals surface area contributed by atoms with Gasteiger partial charge in [0, 0.05) is 19.6 Å². The van der Waals surface area contributed by atoms with Gasteiger partial charge in [-0.3, -0.25) is 4.90 Å². The van der Waals surface area contributed by atoms with Crippen LogP contribution in [0.25, 0.3) is 0 Å². The van der Waals surface area contributed by atoms with Gasteiger partial charge in [0.1, 0.15) is 0 Å². The molecular formula is C14H22N2. The Labute approximate surface area is 98.4 Å². The van der Waals surface area contributed by atoms with Crippen molar-refractivity contribution in [2.24, 2.45) is 17.6 Å². The van der Waals surface area contributed by atoms with Gasteiger partial charge in [-0.1, -0.05) is 38.1 Å². The molecule has 1 unspecified atom stereocenters. The van der Waals surface area contributed by atoms with Gasteiger partial charge in [0.2, 0.25) is 0 Å². The van der Waals surface area contributed by atoms with Crippen LogP contribution in [0.15, 0.2) is 24.3 Å². The highest BCUT2D eigenvalue weighted by Crippen LogP contribution is 2.24. The largest absolute Gasteiger partial charge is 0.330 e. The molecule has 2 rings (SSSR count). The van der Waals surface area contributed by atoms with Crippen molar-refractivity contribution in [2.45, 2.75) is 26.9 Å². The van der Waals surface area contributed by atoms with Crippen LogP contribution in [-0.4, -0.2) is 18.0 Å². The van der Waals surface area contributed by atoms with Crippen LogP contribution in [0.1, 0.15) is 25.0 Å². The maximum absolute atomic E-state index is 5.83. The summed E-state index contributed by atoms with van der Waals surface area (Å²) < 4.78 is 0. The maximum Gasteiger partial charge on any atom is 0.0240 e. The van der Waals surface area contributed by atoms with Crippen molar-refractivity contribution < 1.29 is 0 Å². The zero-order valence-corrected chi connectivity index (χ0v) is 10.3. The Morgan fingerprint density at radius 2 is 1.75 bits per heavy atom. The molecule has 16 heavy (non-hydrogen) atoms. The molecule has 0 aliphatic carbocycles. The normalized spacial score (nSPS) is 17.8. The Bertz CT molecular complexity index is 321. The minimum atomic E-state index is 0.620. The zero-order chi connectivity index (χ0) is 11.5. The van der Waals surface area contributed by atoms with Gasteiger partial charge in [-0.25, -0.2) is 0 Å². The van der Waals surface area contributed by atoms with Gasteiger partial charge in [0.25, 0.3) is 0 Å². The quantitative estimate of drug-likeness (QED) is 0.839. The Morgan fingerprint density at radius 1 is 1.19 bits per heavy atom. The van der Waals surface area contributed by atoms with Crippen LogP contribution in [0.5, 0.6) is 0 Å². The van der Waals surface area contributed by atoms with E-state index in [0.717, 1.165) is 26.2 Å². The van der Waals surface area contributed by atoms with E-state index < -0.39 is 0 Å². The second-order valence-corrected chi connectivity index (χ2v) is 5.18. The Hall–Kier alpha value is -0.860. The Morgan fingerprint density at radius 3 is 2.19 bits per heavy atom. The molecule has 0 aromatic heterocycles. The van der Waals surface area contributed by atoms with E-state index in [1.54, 1.807) is 0 Å². The van der Waals surface area contributed by atoms with E-state index in [4.69, 9.17) is 5.73 Å². The van der Waals surface area contributed by atoms with Crippen LogP contribution in [0, 0.1) is 11.8 Å². The Balaban J connectivity index is 1.96. The predicted molar refractivity (Wildman–Crippen MR) is 67.9 cm³/mol. The van der Waals surface area contributed by atoms with Gasteiger partial charge in [0.15, 0.2) is 0 Å². The average molecular weight is 218 g/mol. The zero-order valence-electron chi connectivity index (χ0n) is 10.3. The number of hydrogen-bond donors (Lipinski definition) is 1. The molecule has 88 valence electrons. The van der Waals surface area contributed by atoms with Crippen LogP contribution in [-0.2, 0) is 13.1 Å². The van der Waals surface area contributed by atoms with Crippen molar-refractivity contribution in [3.63, 3.8) is 0 Å². The highest BCUT2D eigenvalue weighted by atomic mass is 15.1. The molecule has 0 amide bonds. The standard InChI is InChI=1S/C14H22N2/c1-11(2)14(7-15)10-16-8-12-5-3-4-6-13(12)9-16/h3-6,11,14H,7-10,15H2,1-2H3. The molecule has 2 heteroatoms. The lowest BCUT2D eigenvalue weighted by Crippen LogP contribution is -2.32. The van der Waals surface area contributed by atoms with E-state index in [9.17, 15) is 0 Å². The van der Waals surface area contributed by atoms with Crippen LogP contribution in [0.3, 0.4) is 0 Å². The third-order valence-electron chi connectivity index (χ3n) is 3.64. The summed E-state index contributed by atoms with van der Waals surface area (Å²) in [6.07, 6.45) is 0. The highest BCUT2D eigenvalue weighted by molar-refractivity contribution is 5.30. The third-order valence-corrected chi connectivity index (χ3v) is 3.64. The molecule has 0 radical (unpaired) electrons. The molecule has 0 fully saturated rings. The summed E-state index contributed by atoms with van der Waals surface area (Å²) in [6, 6.07) is 8.74. The van der Waals surface area contributed by atoms with Gasteiger partial charge in [0.05, 0.1) is 0 Å². The minimum Gasteiger partial charge on any atom is -0.330 e. The van der Waals surface area contributed by atoms with Gasteiger partial charge in [-0.15, -0.1) is 0 Å². The fourth-order valence-corrected chi connectivity index (χ4v) is 2.42. The van der Waals surface area contributed by atoms with Gasteiger partial charge >= 0.3 is 0 Å². The van der Waals surface area contributed by atoms with Crippen molar-refractivity contribution in [3.8, 4) is 0 Å². The van der Waals surface area contributed by atoms with Crippen molar-refractivity contribution in [2.75, 3.05) is 13.1 Å². The summed E-state index contributed by atoms with van der Waals surface area (Å²) in [5.74, 6) is 1.29. The third kappa shape index (κ3) is 2.45. The predicted octanol–water partition coefficient (Wildman–Crippen LogP) is 2.23. The van der Waals surface area contributed by atoms with Crippen LogP contribution in [0.2, 0.25) is 0 Å². The molecular weight excluding hydrogens is 196 g/mol. The van der Waals surface area contributed by atoms with Gasteiger partial charge in [-0.05, 0) is 29.5 Å².